The van der Waals surface area contributed by atoms with Gasteiger partial charge in [0.15, 0.2) is 6.61 Å². The van der Waals surface area contributed by atoms with E-state index in [1.165, 1.54) is 0 Å². The average molecular weight is 303 g/mol. The summed E-state index contributed by atoms with van der Waals surface area (Å²) in [6.07, 6.45) is 0. The number of nitrogens with zero attached hydrogens (tertiary/aromatic N) is 1. The highest BCUT2D eigenvalue weighted by Gasteiger charge is 2.23. The van der Waals surface area contributed by atoms with Crippen molar-refractivity contribution in [3.8, 4) is 5.75 Å². The highest BCUT2D eigenvalue weighted by atomic mass is 35.5. The van der Waals surface area contributed by atoms with Gasteiger partial charge in [0.2, 0.25) is 0 Å². The third-order valence-electron chi connectivity index (χ3n) is 3.08. The van der Waals surface area contributed by atoms with Gasteiger partial charge >= 0.3 is 0 Å². The third-order valence-corrected chi connectivity index (χ3v) is 3.81. The molecule has 1 aromatic rings. The summed E-state index contributed by atoms with van der Waals surface area (Å²) in [5, 5.41) is 4.13. The van der Waals surface area contributed by atoms with Crippen LogP contribution in [0.4, 0.5) is 0 Å². The van der Waals surface area contributed by atoms with Crippen molar-refractivity contribution in [1.29, 1.82) is 0 Å². The molecule has 0 saturated carbocycles. The Kier molecular flexibility index (Phi) is 4.91. The normalized spacial score (nSPS) is 19.3. The Morgan fingerprint density at radius 2 is 2.26 bits per heavy atom. The second-order valence-electron chi connectivity index (χ2n) is 4.50. The van der Waals surface area contributed by atoms with Crippen molar-refractivity contribution >= 4 is 29.1 Å². The van der Waals surface area contributed by atoms with Gasteiger partial charge in [0, 0.05) is 31.7 Å². The number of carbonyl (C=O) groups is 1. The number of amides is 1. The van der Waals surface area contributed by atoms with E-state index in [1.54, 1.807) is 18.2 Å². The number of rotatable bonds is 3. The van der Waals surface area contributed by atoms with E-state index in [1.807, 2.05) is 11.8 Å². The molecule has 1 amide bonds. The molecule has 1 heterocycles. The fourth-order valence-corrected chi connectivity index (χ4v) is 2.29. The summed E-state index contributed by atoms with van der Waals surface area (Å²) in [6, 6.07) is 5.15. The average Bonchev–Trinajstić information content (AvgIpc) is 2.40. The van der Waals surface area contributed by atoms with Crippen LogP contribution in [0.25, 0.3) is 0 Å². The molecular weight excluding hydrogens is 287 g/mol. The molecule has 1 N–H and O–H groups in total. The van der Waals surface area contributed by atoms with Crippen LogP contribution in [-0.4, -0.2) is 43.1 Å². The number of halogens is 2. The largest absolute Gasteiger partial charge is 0.484 e. The zero-order valence-electron chi connectivity index (χ0n) is 10.7. The molecule has 4 nitrogen and oxygen atoms in total. The maximum atomic E-state index is 12.0. The highest BCUT2D eigenvalue weighted by Crippen LogP contribution is 2.26. The van der Waals surface area contributed by atoms with E-state index in [0.29, 0.717) is 22.3 Å². The van der Waals surface area contributed by atoms with Crippen molar-refractivity contribution in [2.75, 3.05) is 26.2 Å². The Hall–Kier alpha value is -0.970. The summed E-state index contributed by atoms with van der Waals surface area (Å²) in [7, 11) is 0. The zero-order chi connectivity index (χ0) is 13.8. The highest BCUT2D eigenvalue weighted by molar-refractivity contribution is 6.42. The quantitative estimate of drug-likeness (QED) is 0.930. The maximum Gasteiger partial charge on any atom is 0.260 e. The van der Waals surface area contributed by atoms with Crippen molar-refractivity contribution in [1.82, 2.24) is 10.2 Å². The third kappa shape index (κ3) is 3.75. The Labute approximate surface area is 122 Å². The van der Waals surface area contributed by atoms with Crippen molar-refractivity contribution in [3.63, 3.8) is 0 Å². The smallest absolute Gasteiger partial charge is 0.260 e. The van der Waals surface area contributed by atoms with Crippen LogP contribution in [0.1, 0.15) is 6.92 Å². The number of carbonyl (C=O) groups excluding carboxylic acids is 1. The molecule has 0 spiro atoms. The van der Waals surface area contributed by atoms with E-state index in [-0.39, 0.29) is 18.6 Å². The second-order valence-corrected chi connectivity index (χ2v) is 5.32. The summed E-state index contributed by atoms with van der Waals surface area (Å²) in [4.78, 5) is 13.9. The minimum absolute atomic E-state index is 0.0138. The van der Waals surface area contributed by atoms with Gasteiger partial charge in [0.25, 0.3) is 5.91 Å². The number of nitrogens with one attached hydrogen (secondary N) is 1. The van der Waals surface area contributed by atoms with Crippen molar-refractivity contribution < 1.29 is 9.53 Å². The van der Waals surface area contributed by atoms with E-state index in [0.717, 1.165) is 13.1 Å². The standard InChI is InChI=1S/C13H16Cl2N2O2/c1-9-7-16-4-5-17(9)13(18)8-19-10-2-3-11(14)12(15)6-10/h2-3,6,9,16H,4-5,7-8H2,1H3/t9-/m1/s1. The van der Waals surface area contributed by atoms with Crippen molar-refractivity contribution in [2.45, 2.75) is 13.0 Å². The molecule has 6 heteroatoms. The first-order valence-corrected chi connectivity index (χ1v) is 6.91. The molecule has 2 rings (SSSR count). The maximum absolute atomic E-state index is 12.0. The molecule has 1 atom stereocenters. The molecule has 0 radical (unpaired) electrons. The Morgan fingerprint density at radius 1 is 1.47 bits per heavy atom. The monoisotopic (exact) mass is 302 g/mol. The first-order chi connectivity index (χ1) is 9.08. The van der Waals surface area contributed by atoms with Gasteiger partial charge in [0.1, 0.15) is 5.75 Å². The first kappa shape index (κ1) is 14.4. The Bertz CT molecular complexity index is 468. The van der Waals surface area contributed by atoms with Crippen LogP contribution in [0.3, 0.4) is 0 Å². The number of hydrogen-bond acceptors (Lipinski definition) is 3. The zero-order valence-corrected chi connectivity index (χ0v) is 12.2. The van der Waals surface area contributed by atoms with Crippen LogP contribution < -0.4 is 10.1 Å². The van der Waals surface area contributed by atoms with Crippen LogP contribution in [0, 0.1) is 0 Å². The van der Waals surface area contributed by atoms with E-state index in [2.05, 4.69) is 5.32 Å². The number of piperazine rings is 1. The molecule has 104 valence electrons. The van der Waals surface area contributed by atoms with E-state index in [9.17, 15) is 4.79 Å². The van der Waals surface area contributed by atoms with Gasteiger partial charge < -0.3 is 15.0 Å². The van der Waals surface area contributed by atoms with Gasteiger partial charge in [-0.25, -0.2) is 0 Å². The molecule has 0 bridgehead atoms. The van der Waals surface area contributed by atoms with Gasteiger partial charge in [-0.1, -0.05) is 23.2 Å². The minimum atomic E-state index is -0.0138. The summed E-state index contributed by atoms with van der Waals surface area (Å²) >= 11 is 11.7. The molecule has 19 heavy (non-hydrogen) atoms. The number of hydrogen-bond donors (Lipinski definition) is 1. The van der Waals surface area contributed by atoms with E-state index >= 15 is 0 Å². The topological polar surface area (TPSA) is 41.6 Å². The Balaban J connectivity index is 1.90. The lowest BCUT2D eigenvalue weighted by Gasteiger charge is -2.33. The molecule has 1 fully saturated rings. The SMILES string of the molecule is C[C@@H]1CNCCN1C(=O)COc1ccc(Cl)c(Cl)c1. The fraction of sp³-hybridized carbons (Fsp3) is 0.462. The molecule has 1 aliphatic heterocycles. The van der Waals surface area contributed by atoms with Crippen LogP contribution in [0.5, 0.6) is 5.75 Å². The van der Waals surface area contributed by atoms with E-state index < -0.39 is 0 Å². The molecule has 0 unspecified atom stereocenters. The summed E-state index contributed by atoms with van der Waals surface area (Å²) in [5.74, 6) is 0.533. The van der Waals surface area contributed by atoms with Crippen LogP contribution in [0.2, 0.25) is 10.0 Å². The van der Waals surface area contributed by atoms with Gasteiger partial charge in [-0.3, -0.25) is 4.79 Å². The van der Waals surface area contributed by atoms with Crippen LogP contribution in [-0.2, 0) is 4.79 Å². The molecule has 1 saturated heterocycles. The Morgan fingerprint density at radius 3 is 2.95 bits per heavy atom. The lowest BCUT2D eigenvalue weighted by Crippen LogP contribution is -2.53. The fourth-order valence-electron chi connectivity index (χ4n) is 2.01. The van der Waals surface area contributed by atoms with Gasteiger partial charge in [-0.15, -0.1) is 0 Å². The minimum Gasteiger partial charge on any atom is -0.484 e. The second kappa shape index (κ2) is 6.46. The predicted molar refractivity (Wildman–Crippen MR) is 76.0 cm³/mol. The lowest BCUT2D eigenvalue weighted by atomic mass is 10.2. The van der Waals surface area contributed by atoms with Crippen molar-refractivity contribution in [2.24, 2.45) is 0 Å². The molecule has 1 aliphatic rings. The van der Waals surface area contributed by atoms with Crippen LogP contribution in [0.15, 0.2) is 18.2 Å². The predicted octanol–water partition coefficient (Wildman–Crippen LogP) is 2.19. The van der Waals surface area contributed by atoms with Gasteiger partial charge in [-0.05, 0) is 19.1 Å². The number of benzene rings is 1. The van der Waals surface area contributed by atoms with Gasteiger partial charge in [-0.2, -0.15) is 0 Å². The van der Waals surface area contributed by atoms with Gasteiger partial charge in [0.05, 0.1) is 10.0 Å². The van der Waals surface area contributed by atoms with E-state index in [4.69, 9.17) is 27.9 Å². The summed E-state index contributed by atoms with van der Waals surface area (Å²) in [5.41, 5.74) is 0. The molecule has 0 aromatic heterocycles. The molecular formula is C13H16Cl2N2O2. The first-order valence-electron chi connectivity index (χ1n) is 6.16. The number of ether oxygens (including phenoxy) is 1. The van der Waals surface area contributed by atoms with Crippen molar-refractivity contribution in [3.05, 3.63) is 28.2 Å². The summed E-state index contributed by atoms with van der Waals surface area (Å²) in [6.45, 7) is 4.39. The molecule has 0 aliphatic carbocycles. The molecule has 1 aromatic carbocycles. The van der Waals surface area contributed by atoms with Crippen LogP contribution >= 0.6 is 23.2 Å². The lowest BCUT2D eigenvalue weighted by molar-refractivity contribution is -0.136. The summed E-state index contributed by atoms with van der Waals surface area (Å²) < 4.78 is 5.45.